The number of nitrogens with zero attached hydrogens (tertiary/aromatic N) is 3. The minimum atomic E-state index is 0.220. The van der Waals surface area contributed by atoms with E-state index in [1.54, 1.807) is 12.3 Å². The first kappa shape index (κ1) is 17.5. The summed E-state index contributed by atoms with van der Waals surface area (Å²) in [7, 11) is 0. The summed E-state index contributed by atoms with van der Waals surface area (Å²) in [4.78, 5) is 9.12. The highest BCUT2D eigenvalue weighted by Gasteiger charge is 2.15. The van der Waals surface area contributed by atoms with Gasteiger partial charge in [-0.3, -0.25) is 4.40 Å². The summed E-state index contributed by atoms with van der Waals surface area (Å²) in [6.07, 6.45) is 3.70. The Morgan fingerprint density at radius 1 is 0.806 bits per heavy atom. The maximum atomic E-state index is 10.6. The smallest absolute Gasteiger partial charge is 0.219 e. The first-order valence-corrected chi connectivity index (χ1v) is 9.99. The predicted molar refractivity (Wildman–Crippen MR) is 122 cm³/mol. The number of hydrogen-bond donors (Lipinski definition) is 1. The molecule has 0 saturated carbocycles. The predicted octanol–water partition coefficient (Wildman–Crippen LogP) is 6.20. The number of rotatable bonds is 3. The van der Waals surface area contributed by atoms with E-state index >= 15 is 0 Å². The molecule has 6 rings (SSSR count). The fourth-order valence-corrected chi connectivity index (χ4v) is 4.04. The Kier molecular flexibility index (Phi) is 3.86. The first-order valence-electron chi connectivity index (χ1n) is 9.99. The van der Waals surface area contributed by atoms with Crippen molar-refractivity contribution < 1.29 is 9.84 Å². The number of para-hydroxylation sites is 1. The Labute approximate surface area is 177 Å². The van der Waals surface area contributed by atoms with Gasteiger partial charge in [0.15, 0.2) is 0 Å². The van der Waals surface area contributed by atoms with E-state index in [-0.39, 0.29) is 5.75 Å². The molecule has 0 aliphatic rings. The van der Waals surface area contributed by atoms with E-state index in [2.05, 4.69) is 17.1 Å². The van der Waals surface area contributed by atoms with E-state index in [0.717, 1.165) is 38.6 Å². The lowest BCUT2D eigenvalue weighted by Crippen LogP contribution is -1.90. The van der Waals surface area contributed by atoms with Crippen LogP contribution in [0.4, 0.5) is 0 Å². The zero-order valence-corrected chi connectivity index (χ0v) is 16.4. The highest BCUT2D eigenvalue weighted by molar-refractivity contribution is 6.14. The highest BCUT2D eigenvalue weighted by Crippen LogP contribution is 2.36. The first-order chi connectivity index (χ1) is 15.3. The average molecular weight is 403 g/mol. The molecule has 0 amide bonds. The minimum Gasteiger partial charge on any atom is -0.507 e. The summed E-state index contributed by atoms with van der Waals surface area (Å²) in [5.41, 5.74) is 3.48. The summed E-state index contributed by atoms with van der Waals surface area (Å²) in [6, 6.07) is 27.1. The van der Waals surface area contributed by atoms with E-state index in [1.165, 1.54) is 0 Å². The topological polar surface area (TPSA) is 59.7 Å². The number of phenolic OH excluding ortho intramolecular Hbond substituents is 1. The third-order valence-electron chi connectivity index (χ3n) is 5.42. The van der Waals surface area contributed by atoms with Crippen molar-refractivity contribution in [2.75, 3.05) is 0 Å². The number of benzene rings is 3. The summed E-state index contributed by atoms with van der Waals surface area (Å²) < 4.78 is 7.93. The lowest BCUT2D eigenvalue weighted by atomic mass is 10.1. The number of ether oxygens (including phenoxy) is 1. The third kappa shape index (κ3) is 2.87. The fraction of sp³-hybridized carbons (Fsp3) is 0. The molecule has 0 fully saturated rings. The second-order valence-electron chi connectivity index (χ2n) is 7.33. The maximum absolute atomic E-state index is 10.6. The molecule has 0 aliphatic heterocycles. The molecule has 31 heavy (non-hydrogen) atoms. The molecule has 0 aliphatic carbocycles. The van der Waals surface area contributed by atoms with E-state index < -0.39 is 0 Å². The molecular weight excluding hydrogens is 386 g/mol. The highest BCUT2D eigenvalue weighted by atomic mass is 16.5. The molecule has 0 radical (unpaired) electrons. The van der Waals surface area contributed by atoms with Gasteiger partial charge in [-0.25, -0.2) is 9.97 Å². The second kappa shape index (κ2) is 6.85. The van der Waals surface area contributed by atoms with Gasteiger partial charge in [-0.1, -0.05) is 48.5 Å². The molecule has 3 aromatic carbocycles. The van der Waals surface area contributed by atoms with Gasteiger partial charge in [-0.2, -0.15) is 0 Å². The van der Waals surface area contributed by atoms with Gasteiger partial charge in [-0.15, -0.1) is 0 Å². The largest absolute Gasteiger partial charge is 0.507 e. The van der Waals surface area contributed by atoms with E-state index in [4.69, 9.17) is 9.72 Å². The van der Waals surface area contributed by atoms with Crippen molar-refractivity contribution in [2.24, 2.45) is 0 Å². The van der Waals surface area contributed by atoms with E-state index in [9.17, 15) is 5.11 Å². The third-order valence-corrected chi connectivity index (χ3v) is 5.42. The summed E-state index contributed by atoms with van der Waals surface area (Å²) in [5.74, 6) is 1.44. The lowest BCUT2D eigenvalue weighted by molar-refractivity contribution is 0.463. The normalized spacial score (nSPS) is 11.4. The quantitative estimate of drug-likeness (QED) is 0.357. The van der Waals surface area contributed by atoms with Crippen LogP contribution < -0.4 is 4.74 Å². The van der Waals surface area contributed by atoms with Crippen LogP contribution in [0.3, 0.4) is 0 Å². The number of phenols is 1. The number of pyridine rings is 2. The zero-order valence-electron chi connectivity index (χ0n) is 16.4. The Bertz CT molecular complexity index is 1570. The fourth-order valence-electron chi connectivity index (χ4n) is 4.04. The van der Waals surface area contributed by atoms with Gasteiger partial charge in [0.2, 0.25) is 5.88 Å². The van der Waals surface area contributed by atoms with Crippen LogP contribution >= 0.6 is 0 Å². The Morgan fingerprint density at radius 3 is 2.55 bits per heavy atom. The summed E-state index contributed by atoms with van der Waals surface area (Å²) in [5, 5.41) is 13.4. The van der Waals surface area contributed by atoms with Gasteiger partial charge in [0.05, 0.1) is 16.6 Å². The van der Waals surface area contributed by atoms with Gasteiger partial charge in [-0.05, 0) is 35.7 Å². The molecule has 1 N–H and O–H groups in total. The van der Waals surface area contributed by atoms with Crippen molar-refractivity contribution >= 4 is 27.3 Å². The Balaban J connectivity index is 1.56. The van der Waals surface area contributed by atoms with Crippen LogP contribution in [0.15, 0.2) is 97.3 Å². The summed E-state index contributed by atoms with van der Waals surface area (Å²) >= 11 is 0. The van der Waals surface area contributed by atoms with Crippen LogP contribution in [0, 0.1) is 0 Å². The molecule has 0 atom stereocenters. The molecule has 6 aromatic rings. The standard InChI is InChI=1S/C26H17N3O2/c30-23-12-6-10-20-19-9-1-2-11-22(19)29-16-21(28-26(29)25(20)23)17-7-5-8-18(15-17)31-24-13-3-4-14-27-24/h1-16,30H. The van der Waals surface area contributed by atoms with Crippen LogP contribution in [-0.4, -0.2) is 19.5 Å². The van der Waals surface area contributed by atoms with Gasteiger partial charge in [0.25, 0.3) is 0 Å². The van der Waals surface area contributed by atoms with Gasteiger partial charge < -0.3 is 9.84 Å². The average Bonchev–Trinajstić information content (AvgIpc) is 3.26. The van der Waals surface area contributed by atoms with Crippen LogP contribution in [0.5, 0.6) is 17.4 Å². The Hall–Kier alpha value is -4.38. The van der Waals surface area contributed by atoms with Crippen LogP contribution in [0.1, 0.15) is 0 Å². The molecule has 3 aromatic heterocycles. The molecule has 0 spiro atoms. The molecule has 0 unspecified atom stereocenters. The molecule has 3 heterocycles. The molecule has 0 bridgehead atoms. The van der Waals surface area contributed by atoms with Crippen molar-refractivity contribution in [1.82, 2.24) is 14.4 Å². The number of fused-ring (bicyclic) bond motifs is 6. The van der Waals surface area contributed by atoms with Crippen molar-refractivity contribution in [3.8, 4) is 28.6 Å². The molecule has 5 nitrogen and oxygen atoms in total. The van der Waals surface area contributed by atoms with E-state index in [0.29, 0.717) is 11.6 Å². The molecular formula is C26H17N3O2. The number of aromatic hydroxyl groups is 1. The maximum Gasteiger partial charge on any atom is 0.219 e. The van der Waals surface area contributed by atoms with Crippen LogP contribution in [-0.2, 0) is 0 Å². The molecule has 148 valence electrons. The number of imidazole rings is 1. The number of aromatic nitrogens is 3. The van der Waals surface area contributed by atoms with Crippen LogP contribution in [0.2, 0.25) is 0 Å². The van der Waals surface area contributed by atoms with Crippen LogP contribution in [0.25, 0.3) is 38.6 Å². The second-order valence-corrected chi connectivity index (χ2v) is 7.33. The Morgan fingerprint density at radius 2 is 1.65 bits per heavy atom. The molecule has 5 heteroatoms. The van der Waals surface area contributed by atoms with Crippen molar-refractivity contribution in [1.29, 1.82) is 0 Å². The van der Waals surface area contributed by atoms with Crippen molar-refractivity contribution in [2.45, 2.75) is 0 Å². The minimum absolute atomic E-state index is 0.220. The monoisotopic (exact) mass is 403 g/mol. The van der Waals surface area contributed by atoms with Crippen molar-refractivity contribution in [3.05, 3.63) is 97.3 Å². The SMILES string of the molecule is Oc1cccc2c3ccccc3n3cc(-c4cccc(Oc5ccccn5)c4)nc3c12. The lowest BCUT2D eigenvalue weighted by Gasteiger charge is -2.08. The van der Waals surface area contributed by atoms with Gasteiger partial charge in [0, 0.05) is 29.4 Å². The molecule has 0 saturated heterocycles. The van der Waals surface area contributed by atoms with E-state index in [1.807, 2.05) is 77.3 Å². The number of hydrogen-bond acceptors (Lipinski definition) is 4. The zero-order chi connectivity index (χ0) is 20.8. The van der Waals surface area contributed by atoms with Crippen molar-refractivity contribution in [3.63, 3.8) is 0 Å². The van der Waals surface area contributed by atoms with Gasteiger partial charge in [0.1, 0.15) is 17.1 Å². The summed E-state index contributed by atoms with van der Waals surface area (Å²) in [6.45, 7) is 0. The van der Waals surface area contributed by atoms with Gasteiger partial charge >= 0.3 is 0 Å².